The molecule has 1 N–H and O–H groups in total. The highest BCUT2D eigenvalue weighted by molar-refractivity contribution is 5.03. The minimum Gasteiger partial charge on any atom is -0.311 e. The number of nitrogens with one attached hydrogen (secondary N) is 1. The second kappa shape index (κ2) is 6.17. The van der Waals surface area contributed by atoms with Gasteiger partial charge in [0.2, 0.25) is 0 Å². The molecule has 4 nitrogen and oxygen atoms in total. The fourth-order valence-corrected chi connectivity index (χ4v) is 1.65. The minimum absolute atomic E-state index is 0.212. The molecule has 1 aromatic heterocycles. The van der Waals surface area contributed by atoms with E-state index in [2.05, 4.69) is 49.3 Å². The van der Waals surface area contributed by atoms with Crippen molar-refractivity contribution in [1.29, 1.82) is 0 Å². The van der Waals surface area contributed by atoms with Crippen LogP contribution in [0.2, 0.25) is 0 Å². The second-order valence-corrected chi connectivity index (χ2v) is 5.75. The van der Waals surface area contributed by atoms with Crippen LogP contribution in [-0.2, 0) is 13.5 Å². The van der Waals surface area contributed by atoms with E-state index >= 15 is 0 Å². The molecule has 0 aromatic carbocycles. The van der Waals surface area contributed by atoms with Gasteiger partial charge >= 0.3 is 0 Å². The van der Waals surface area contributed by atoms with Crippen LogP contribution in [0.4, 0.5) is 0 Å². The summed E-state index contributed by atoms with van der Waals surface area (Å²) in [6.45, 7) is 9.79. The molecule has 17 heavy (non-hydrogen) atoms. The molecule has 0 amide bonds. The van der Waals surface area contributed by atoms with Crippen LogP contribution in [0.1, 0.15) is 26.3 Å². The van der Waals surface area contributed by atoms with Crippen molar-refractivity contribution in [2.24, 2.45) is 7.05 Å². The predicted octanol–water partition coefficient (Wildman–Crippen LogP) is 1.28. The summed E-state index contributed by atoms with van der Waals surface area (Å²) in [5.74, 6) is 0. The standard InChI is InChI=1S/C13H26N4/c1-13(2,3)14-7-9-16(4)8-6-12-10-15-17(5)11-12/h10-11,14H,6-9H2,1-5H3. The quantitative estimate of drug-likeness (QED) is 0.810. The summed E-state index contributed by atoms with van der Waals surface area (Å²) in [5.41, 5.74) is 1.52. The van der Waals surface area contributed by atoms with Crippen molar-refractivity contribution in [3.8, 4) is 0 Å². The van der Waals surface area contributed by atoms with Gasteiger partial charge in [-0.25, -0.2) is 0 Å². The maximum atomic E-state index is 4.17. The summed E-state index contributed by atoms with van der Waals surface area (Å²) < 4.78 is 1.86. The van der Waals surface area contributed by atoms with Gasteiger partial charge in [0.25, 0.3) is 0 Å². The van der Waals surface area contributed by atoms with E-state index in [0.29, 0.717) is 0 Å². The molecule has 4 heteroatoms. The molecule has 0 spiro atoms. The van der Waals surface area contributed by atoms with E-state index in [4.69, 9.17) is 0 Å². The Morgan fingerprint density at radius 2 is 2.06 bits per heavy atom. The zero-order valence-corrected chi connectivity index (χ0v) is 11.8. The predicted molar refractivity (Wildman–Crippen MR) is 72.2 cm³/mol. The number of nitrogens with zero attached hydrogens (tertiary/aromatic N) is 3. The van der Waals surface area contributed by atoms with Crippen molar-refractivity contribution in [1.82, 2.24) is 20.0 Å². The van der Waals surface area contributed by atoms with Crippen molar-refractivity contribution >= 4 is 0 Å². The van der Waals surface area contributed by atoms with Crippen molar-refractivity contribution in [2.75, 3.05) is 26.7 Å². The topological polar surface area (TPSA) is 33.1 Å². The number of aromatic nitrogens is 2. The molecule has 0 atom stereocenters. The first-order valence-corrected chi connectivity index (χ1v) is 6.28. The third-order valence-electron chi connectivity index (χ3n) is 2.69. The highest BCUT2D eigenvalue weighted by Gasteiger charge is 2.08. The first-order valence-electron chi connectivity index (χ1n) is 6.28. The van der Waals surface area contributed by atoms with Crippen LogP contribution < -0.4 is 5.32 Å². The van der Waals surface area contributed by atoms with E-state index in [1.54, 1.807) is 0 Å². The van der Waals surface area contributed by atoms with Crippen LogP contribution >= 0.6 is 0 Å². The number of hydrogen-bond donors (Lipinski definition) is 1. The van der Waals surface area contributed by atoms with Gasteiger partial charge in [-0.2, -0.15) is 5.10 Å². The van der Waals surface area contributed by atoms with E-state index < -0.39 is 0 Å². The van der Waals surface area contributed by atoms with E-state index in [9.17, 15) is 0 Å². The summed E-state index contributed by atoms with van der Waals surface area (Å²) in [4.78, 5) is 2.35. The minimum atomic E-state index is 0.212. The summed E-state index contributed by atoms with van der Waals surface area (Å²) in [5, 5.41) is 7.67. The van der Waals surface area contributed by atoms with E-state index in [0.717, 1.165) is 26.1 Å². The molecule has 1 aromatic rings. The molecular formula is C13H26N4. The molecule has 1 rings (SSSR count). The maximum absolute atomic E-state index is 4.17. The summed E-state index contributed by atoms with van der Waals surface area (Å²) in [6, 6.07) is 0. The molecule has 0 radical (unpaired) electrons. The summed E-state index contributed by atoms with van der Waals surface area (Å²) in [7, 11) is 4.13. The monoisotopic (exact) mass is 238 g/mol. The SMILES string of the molecule is CN(CCNC(C)(C)C)CCc1cnn(C)c1. The highest BCUT2D eigenvalue weighted by Crippen LogP contribution is 2.00. The smallest absolute Gasteiger partial charge is 0.0522 e. The van der Waals surface area contributed by atoms with Gasteiger partial charge in [-0.05, 0) is 39.8 Å². The van der Waals surface area contributed by atoms with E-state index in [1.165, 1.54) is 5.56 Å². The van der Waals surface area contributed by atoms with Crippen molar-refractivity contribution in [3.05, 3.63) is 18.0 Å². The molecule has 0 saturated carbocycles. The number of hydrogen-bond acceptors (Lipinski definition) is 3. The van der Waals surface area contributed by atoms with Gasteiger partial charge in [-0.1, -0.05) is 0 Å². The molecular weight excluding hydrogens is 212 g/mol. The summed E-state index contributed by atoms with van der Waals surface area (Å²) >= 11 is 0. The molecule has 98 valence electrons. The van der Waals surface area contributed by atoms with Gasteiger partial charge in [0, 0.05) is 38.4 Å². The van der Waals surface area contributed by atoms with Crippen LogP contribution in [0.15, 0.2) is 12.4 Å². The number of rotatable bonds is 6. The molecule has 1 heterocycles. The zero-order valence-electron chi connectivity index (χ0n) is 11.8. The normalized spacial score (nSPS) is 12.4. The van der Waals surface area contributed by atoms with Crippen LogP contribution in [0.5, 0.6) is 0 Å². The Labute approximate surface area is 105 Å². The van der Waals surface area contributed by atoms with Crippen LogP contribution in [0.3, 0.4) is 0 Å². The van der Waals surface area contributed by atoms with Gasteiger partial charge in [0.15, 0.2) is 0 Å². The molecule has 0 fully saturated rings. The Morgan fingerprint density at radius 1 is 1.35 bits per heavy atom. The first-order chi connectivity index (χ1) is 7.87. The largest absolute Gasteiger partial charge is 0.311 e. The lowest BCUT2D eigenvalue weighted by atomic mass is 10.1. The Bertz CT molecular complexity index is 324. The van der Waals surface area contributed by atoms with Gasteiger partial charge in [-0.3, -0.25) is 4.68 Å². The number of aryl methyl sites for hydroxylation is 1. The lowest BCUT2D eigenvalue weighted by molar-refractivity contribution is 0.312. The van der Waals surface area contributed by atoms with E-state index in [1.807, 2.05) is 17.9 Å². The summed E-state index contributed by atoms with van der Waals surface area (Å²) in [6.07, 6.45) is 5.10. The van der Waals surface area contributed by atoms with Crippen LogP contribution in [0, 0.1) is 0 Å². The molecule has 0 aliphatic carbocycles. The van der Waals surface area contributed by atoms with E-state index in [-0.39, 0.29) is 5.54 Å². The Hall–Kier alpha value is -0.870. The average Bonchev–Trinajstić information content (AvgIpc) is 2.59. The third-order valence-corrected chi connectivity index (χ3v) is 2.69. The zero-order chi connectivity index (χ0) is 12.9. The first kappa shape index (κ1) is 14.2. The molecule has 0 bridgehead atoms. The fourth-order valence-electron chi connectivity index (χ4n) is 1.65. The number of likely N-dealkylation sites (N-methyl/N-ethyl adjacent to an activating group) is 1. The highest BCUT2D eigenvalue weighted by atomic mass is 15.2. The van der Waals surface area contributed by atoms with Gasteiger partial charge in [0.05, 0.1) is 6.20 Å². The Morgan fingerprint density at radius 3 is 2.59 bits per heavy atom. The van der Waals surface area contributed by atoms with Crippen molar-refractivity contribution in [2.45, 2.75) is 32.7 Å². The Balaban J connectivity index is 2.15. The maximum Gasteiger partial charge on any atom is 0.0522 e. The lowest BCUT2D eigenvalue weighted by Crippen LogP contribution is -2.40. The molecule has 0 unspecified atom stereocenters. The molecule has 0 aliphatic heterocycles. The fraction of sp³-hybridized carbons (Fsp3) is 0.769. The van der Waals surface area contributed by atoms with Crippen LogP contribution in [0.25, 0.3) is 0 Å². The van der Waals surface area contributed by atoms with Gasteiger partial charge in [0.1, 0.15) is 0 Å². The Kier molecular flexibility index (Phi) is 5.15. The van der Waals surface area contributed by atoms with Crippen molar-refractivity contribution < 1.29 is 0 Å². The molecule has 0 aliphatic rings. The van der Waals surface area contributed by atoms with Crippen LogP contribution in [-0.4, -0.2) is 46.9 Å². The van der Waals surface area contributed by atoms with Gasteiger partial charge in [-0.15, -0.1) is 0 Å². The lowest BCUT2D eigenvalue weighted by Gasteiger charge is -2.23. The molecule has 0 saturated heterocycles. The second-order valence-electron chi connectivity index (χ2n) is 5.75. The average molecular weight is 238 g/mol. The van der Waals surface area contributed by atoms with Gasteiger partial charge < -0.3 is 10.2 Å². The third kappa shape index (κ3) is 6.44. The van der Waals surface area contributed by atoms with Crippen molar-refractivity contribution in [3.63, 3.8) is 0 Å².